The van der Waals surface area contributed by atoms with E-state index in [1.54, 1.807) is 0 Å². The largest absolute Gasteiger partial charge is 0.439 e. The van der Waals surface area contributed by atoms with Gasteiger partial charge in [-0.25, -0.2) is 4.98 Å². The van der Waals surface area contributed by atoms with Crippen molar-refractivity contribution in [3.63, 3.8) is 0 Å². The highest BCUT2D eigenvalue weighted by Gasteiger charge is 2.07. The summed E-state index contributed by atoms with van der Waals surface area (Å²) in [6.07, 6.45) is 0. The molecule has 5 heteroatoms. The Bertz CT molecular complexity index is 655. The summed E-state index contributed by atoms with van der Waals surface area (Å²) in [7, 11) is 0. The van der Waals surface area contributed by atoms with Crippen molar-refractivity contribution in [2.75, 3.05) is 0 Å². The van der Waals surface area contributed by atoms with E-state index in [-0.39, 0.29) is 11.0 Å². The molecule has 0 fully saturated rings. The van der Waals surface area contributed by atoms with Crippen molar-refractivity contribution in [3.05, 3.63) is 51.1 Å². The molecular weight excluding hydrogens is 283 g/mol. The zero-order valence-corrected chi connectivity index (χ0v) is 11.9. The minimum Gasteiger partial charge on any atom is -0.439 e. The maximum atomic E-state index is 8.87. The first-order valence-corrected chi connectivity index (χ1v) is 6.27. The fourth-order valence-electron chi connectivity index (χ4n) is 1.68. The molecule has 0 atom stereocenters. The first-order chi connectivity index (χ1) is 8.99. The van der Waals surface area contributed by atoms with Crippen molar-refractivity contribution in [3.8, 4) is 17.7 Å². The van der Waals surface area contributed by atoms with Gasteiger partial charge in [0, 0.05) is 11.1 Å². The lowest BCUT2D eigenvalue weighted by Gasteiger charge is -2.09. The second kappa shape index (κ2) is 5.48. The number of hydrogen-bond donors (Lipinski definition) is 0. The Morgan fingerprint density at radius 1 is 1.11 bits per heavy atom. The third-order valence-corrected chi connectivity index (χ3v) is 3.32. The molecule has 0 amide bonds. The molecule has 0 saturated carbocycles. The lowest BCUT2D eigenvalue weighted by Crippen LogP contribution is -1.92. The van der Waals surface area contributed by atoms with Crippen LogP contribution < -0.4 is 4.74 Å². The standard InChI is InChI=1S/C14H10Cl2N2O/c1-8-3-11(4-9(2)14(8)16)19-13-6-10(7-17)5-12(15)18-13/h3-6H,1-2H3. The highest BCUT2D eigenvalue weighted by atomic mass is 35.5. The van der Waals surface area contributed by atoms with Crippen LogP contribution >= 0.6 is 23.2 Å². The number of pyridine rings is 1. The number of halogens is 2. The van der Waals surface area contributed by atoms with E-state index in [0.29, 0.717) is 16.3 Å². The third-order valence-electron chi connectivity index (χ3n) is 2.53. The SMILES string of the molecule is Cc1cc(Oc2cc(C#N)cc(Cl)n2)cc(C)c1Cl. The van der Waals surface area contributed by atoms with Gasteiger partial charge in [-0.3, -0.25) is 0 Å². The number of nitriles is 1. The number of hydrogen-bond acceptors (Lipinski definition) is 3. The van der Waals surface area contributed by atoms with Gasteiger partial charge in [-0.1, -0.05) is 23.2 Å². The van der Waals surface area contributed by atoms with Crippen LogP contribution in [-0.4, -0.2) is 4.98 Å². The molecule has 2 rings (SSSR count). The summed E-state index contributed by atoms with van der Waals surface area (Å²) in [6, 6.07) is 8.63. The molecular formula is C14H10Cl2N2O. The summed E-state index contributed by atoms with van der Waals surface area (Å²) >= 11 is 11.9. The van der Waals surface area contributed by atoms with Gasteiger partial charge >= 0.3 is 0 Å². The first-order valence-electron chi connectivity index (χ1n) is 5.52. The van der Waals surface area contributed by atoms with Crippen molar-refractivity contribution in [2.45, 2.75) is 13.8 Å². The minimum absolute atomic E-state index is 0.219. The van der Waals surface area contributed by atoms with E-state index in [4.69, 9.17) is 33.2 Å². The van der Waals surface area contributed by atoms with Crippen molar-refractivity contribution < 1.29 is 4.74 Å². The van der Waals surface area contributed by atoms with Crippen molar-refractivity contribution >= 4 is 23.2 Å². The Morgan fingerprint density at radius 2 is 1.74 bits per heavy atom. The highest BCUT2D eigenvalue weighted by Crippen LogP contribution is 2.29. The summed E-state index contributed by atoms with van der Waals surface area (Å²) in [6.45, 7) is 3.79. The van der Waals surface area contributed by atoms with Crippen LogP contribution in [-0.2, 0) is 0 Å². The van der Waals surface area contributed by atoms with Crippen molar-refractivity contribution in [1.29, 1.82) is 5.26 Å². The summed E-state index contributed by atoms with van der Waals surface area (Å²) in [4.78, 5) is 4.02. The molecule has 1 aromatic heterocycles. The topological polar surface area (TPSA) is 45.9 Å². The Kier molecular flexibility index (Phi) is 3.94. The van der Waals surface area contributed by atoms with Gasteiger partial charge in [0.15, 0.2) is 0 Å². The van der Waals surface area contributed by atoms with E-state index in [0.717, 1.165) is 11.1 Å². The first kappa shape index (κ1) is 13.7. The zero-order chi connectivity index (χ0) is 14.0. The van der Waals surface area contributed by atoms with Crippen LogP contribution in [0.4, 0.5) is 0 Å². The molecule has 3 nitrogen and oxygen atoms in total. The van der Waals surface area contributed by atoms with Crippen molar-refractivity contribution in [2.24, 2.45) is 0 Å². The van der Waals surface area contributed by atoms with E-state index in [1.165, 1.54) is 12.1 Å². The Balaban J connectivity index is 2.36. The zero-order valence-electron chi connectivity index (χ0n) is 10.4. The molecule has 0 aliphatic carbocycles. The lowest BCUT2D eigenvalue weighted by molar-refractivity contribution is 0.462. The maximum absolute atomic E-state index is 8.87. The smallest absolute Gasteiger partial charge is 0.221 e. The fourth-order valence-corrected chi connectivity index (χ4v) is 1.99. The lowest BCUT2D eigenvalue weighted by atomic mass is 10.1. The highest BCUT2D eigenvalue weighted by molar-refractivity contribution is 6.32. The average molecular weight is 293 g/mol. The number of ether oxygens (including phenoxy) is 1. The third kappa shape index (κ3) is 3.17. The summed E-state index contributed by atoms with van der Waals surface area (Å²) in [5.74, 6) is 0.892. The van der Waals surface area contributed by atoms with Crippen LogP contribution in [0.25, 0.3) is 0 Å². The molecule has 0 unspecified atom stereocenters. The molecule has 19 heavy (non-hydrogen) atoms. The van der Waals surface area contributed by atoms with Gasteiger partial charge in [-0.2, -0.15) is 5.26 Å². The molecule has 0 N–H and O–H groups in total. The molecule has 0 saturated heterocycles. The van der Waals surface area contributed by atoms with Gasteiger partial charge < -0.3 is 4.74 Å². The Morgan fingerprint density at radius 3 is 2.32 bits per heavy atom. The minimum atomic E-state index is 0.219. The molecule has 0 aliphatic rings. The number of nitrogens with zero attached hydrogens (tertiary/aromatic N) is 2. The number of rotatable bonds is 2. The number of benzene rings is 1. The molecule has 1 aromatic carbocycles. The second-order valence-corrected chi connectivity index (χ2v) is 4.87. The quantitative estimate of drug-likeness (QED) is 0.756. The average Bonchev–Trinajstić information content (AvgIpc) is 2.35. The van der Waals surface area contributed by atoms with Gasteiger partial charge in [0.2, 0.25) is 5.88 Å². The van der Waals surface area contributed by atoms with Crippen LogP contribution in [0.1, 0.15) is 16.7 Å². The summed E-state index contributed by atoms with van der Waals surface area (Å²) < 4.78 is 5.61. The van der Waals surface area contributed by atoms with E-state index in [1.807, 2.05) is 32.0 Å². The van der Waals surface area contributed by atoms with E-state index in [9.17, 15) is 0 Å². The molecule has 2 aromatic rings. The second-order valence-electron chi connectivity index (χ2n) is 4.10. The van der Waals surface area contributed by atoms with Crippen LogP contribution in [0, 0.1) is 25.2 Å². The Hall–Kier alpha value is -1.76. The van der Waals surface area contributed by atoms with Crippen molar-refractivity contribution in [1.82, 2.24) is 4.98 Å². The van der Waals surface area contributed by atoms with E-state index >= 15 is 0 Å². The van der Waals surface area contributed by atoms with E-state index < -0.39 is 0 Å². The van der Waals surface area contributed by atoms with Crippen LogP contribution in [0.3, 0.4) is 0 Å². The molecule has 0 bridgehead atoms. The molecule has 96 valence electrons. The molecule has 1 heterocycles. The predicted octanol–water partition coefficient (Wildman–Crippen LogP) is 4.67. The molecule has 0 radical (unpaired) electrons. The fraction of sp³-hybridized carbons (Fsp3) is 0.143. The van der Waals surface area contributed by atoms with Gasteiger partial charge in [0.1, 0.15) is 10.9 Å². The van der Waals surface area contributed by atoms with Gasteiger partial charge in [-0.05, 0) is 43.2 Å². The van der Waals surface area contributed by atoms with Gasteiger partial charge in [0.25, 0.3) is 0 Å². The monoisotopic (exact) mass is 292 g/mol. The van der Waals surface area contributed by atoms with Crippen LogP contribution in [0.15, 0.2) is 24.3 Å². The summed E-state index contributed by atoms with van der Waals surface area (Å²) in [5, 5.41) is 9.80. The number of aryl methyl sites for hydroxylation is 2. The van der Waals surface area contributed by atoms with Gasteiger partial charge in [-0.15, -0.1) is 0 Å². The summed E-state index contributed by atoms with van der Waals surface area (Å²) in [5.41, 5.74) is 2.23. The maximum Gasteiger partial charge on any atom is 0.221 e. The van der Waals surface area contributed by atoms with Crippen LogP contribution in [0.5, 0.6) is 11.6 Å². The number of aromatic nitrogens is 1. The van der Waals surface area contributed by atoms with E-state index in [2.05, 4.69) is 4.98 Å². The van der Waals surface area contributed by atoms with Crippen LogP contribution in [0.2, 0.25) is 10.2 Å². The normalized spacial score (nSPS) is 10.1. The Labute approximate surface area is 121 Å². The van der Waals surface area contributed by atoms with Gasteiger partial charge in [0.05, 0.1) is 11.6 Å². The molecule has 0 aliphatic heterocycles. The molecule has 0 spiro atoms. The predicted molar refractivity (Wildman–Crippen MR) is 75.0 cm³/mol.